The molecule has 5 heteroatoms. The molecule has 1 rings (SSSR count). The molecule has 0 aliphatic heterocycles. The second-order valence-electron chi connectivity index (χ2n) is 5.07. The maximum atomic E-state index is 3.90. The summed E-state index contributed by atoms with van der Waals surface area (Å²) >= 11 is -1.12. The van der Waals surface area contributed by atoms with Gasteiger partial charge in [0.25, 0.3) is 0 Å². The molecule has 1 N–H and O–H groups in total. The fraction of sp³-hybridized carbons (Fsp3) is 0.636. The predicted molar refractivity (Wildman–Crippen MR) is 62.2 cm³/mol. The molecule has 0 atom stereocenters. The number of rotatable bonds is 2. The first-order chi connectivity index (χ1) is 6.40. The molecule has 0 amide bonds. The first-order valence-corrected chi connectivity index (χ1v) is 11.6. The van der Waals surface area contributed by atoms with E-state index in [0.29, 0.717) is 5.54 Å². The molecule has 1 nitrogen and oxygen atoms in total. The third kappa shape index (κ3) is 6.63. The minimum atomic E-state index is -1.12. The van der Waals surface area contributed by atoms with Crippen molar-refractivity contribution < 1.29 is 41.7 Å². The molecule has 92 valence electrons. The molecule has 0 aromatic rings. The standard InChI is InChI=1S/C5H5.C4H10N.C2H6Si.2ClH.Ti/c1-2-4-5-3-1;1-4(2,3)5;1-3-2;;;/h1-3H,4H2;5H,1-3H3;1-2H3;2*1H;/q;-1;;;;+3/p-2. The van der Waals surface area contributed by atoms with Gasteiger partial charge in [0.05, 0.1) is 0 Å². The van der Waals surface area contributed by atoms with Crippen molar-refractivity contribution in [2.24, 2.45) is 0 Å². The average Bonchev–Trinajstić information content (AvgIpc) is 2.49. The van der Waals surface area contributed by atoms with Gasteiger partial charge in [0.1, 0.15) is 0 Å². The van der Waals surface area contributed by atoms with Crippen molar-refractivity contribution in [3.05, 3.63) is 22.1 Å². The van der Waals surface area contributed by atoms with Crippen LogP contribution in [0.5, 0.6) is 0 Å². The Morgan fingerprint density at radius 1 is 1.25 bits per heavy atom. The molecule has 0 radical (unpaired) electrons. The van der Waals surface area contributed by atoms with Gasteiger partial charge in [-0.05, 0) is 0 Å². The molecule has 0 bridgehead atoms. The van der Waals surface area contributed by atoms with E-state index in [0.717, 1.165) is 0 Å². The van der Waals surface area contributed by atoms with Crippen LogP contribution in [0.3, 0.4) is 0 Å². The van der Waals surface area contributed by atoms with Crippen LogP contribution < -0.4 is 28.6 Å². The van der Waals surface area contributed by atoms with Crippen molar-refractivity contribution in [3.63, 3.8) is 0 Å². The zero-order valence-electron chi connectivity index (χ0n) is 10.7. The van der Waals surface area contributed by atoms with Gasteiger partial charge in [-0.2, -0.15) is 0 Å². The Morgan fingerprint density at radius 2 is 1.81 bits per heavy atom. The van der Waals surface area contributed by atoms with Gasteiger partial charge in [-0.3, -0.25) is 0 Å². The molecule has 0 saturated carbocycles. The topological polar surface area (TPSA) is 12.0 Å². The van der Waals surface area contributed by atoms with Crippen molar-refractivity contribution in [3.8, 4) is 0 Å². The maximum absolute atomic E-state index is 3.90. The van der Waals surface area contributed by atoms with E-state index in [9.17, 15) is 0 Å². The molecule has 0 aromatic carbocycles. The fourth-order valence-electron chi connectivity index (χ4n) is 1.53. The van der Waals surface area contributed by atoms with Crippen LogP contribution in [-0.2, 0) is 16.9 Å². The van der Waals surface area contributed by atoms with Crippen LogP contribution in [-0.4, -0.2) is 11.7 Å². The van der Waals surface area contributed by atoms with Gasteiger partial charge in [-0.25, -0.2) is 0 Å². The number of hydrogen-bond acceptors (Lipinski definition) is 1. The van der Waals surface area contributed by atoms with Gasteiger partial charge in [-0.15, -0.1) is 0 Å². The third-order valence-corrected chi connectivity index (χ3v) is 12.8. The van der Waals surface area contributed by atoms with Crippen LogP contribution >= 0.6 is 0 Å². The molecule has 1 aliphatic carbocycles. The number of nitrogens with one attached hydrogen (secondary N) is 1. The third-order valence-electron chi connectivity index (χ3n) is 2.09. The van der Waals surface area contributed by atoms with E-state index in [-0.39, 0.29) is 31.0 Å². The van der Waals surface area contributed by atoms with Gasteiger partial charge in [-0.1, -0.05) is 0 Å². The Morgan fingerprint density at radius 3 is 2.12 bits per heavy atom. The van der Waals surface area contributed by atoms with Crippen LogP contribution in [0.4, 0.5) is 0 Å². The second kappa shape index (κ2) is 8.12. The van der Waals surface area contributed by atoms with Crippen molar-refractivity contribution in [1.82, 2.24) is 3.80 Å². The monoisotopic (exact) mass is 313 g/mol. The molecular formula is C11H21Cl2NSiTi. The maximum Gasteiger partial charge on any atom is -1.00 e. The summed E-state index contributed by atoms with van der Waals surface area (Å²) in [7, 11) is 0. The van der Waals surface area contributed by atoms with Gasteiger partial charge >= 0.3 is 94.8 Å². The zero-order valence-corrected chi connectivity index (χ0v) is 14.8. The Kier molecular flexibility index (Phi) is 9.80. The van der Waals surface area contributed by atoms with Crippen LogP contribution in [0.25, 0.3) is 0 Å². The first-order valence-electron chi connectivity index (χ1n) is 5.22. The zero-order chi connectivity index (χ0) is 10.8. The second-order valence-corrected chi connectivity index (χ2v) is 16.4. The summed E-state index contributed by atoms with van der Waals surface area (Å²) in [5, 5.41) is 0. The van der Waals surface area contributed by atoms with Crippen LogP contribution in [0.15, 0.2) is 22.1 Å². The molecule has 0 heterocycles. The van der Waals surface area contributed by atoms with E-state index in [1.807, 2.05) is 0 Å². The van der Waals surface area contributed by atoms with Crippen molar-refractivity contribution in [2.75, 3.05) is 0 Å². The van der Waals surface area contributed by atoms with Crippen LogP contribution in [0.2, 0.25) is 13.1 Å². The summed E-state index contributed by atoms with van der Waals surface area (Å²) in [6, 6.07) is 0. The Labute approximate surface area is 119 Å². The predicted octanol–water partition coefficient (Wildman–Crippen LogP) is -2.99. The van der Waals surface area contributed by atoms with E-state index in [4.69, 9.17) is 0 Å². The van der Waals surface area contributed by atoms with Gasteiger partial charge in [0, 0.05) is 0 Å². The summed E-state index contributed by atoms with van der Waals surface area (Å²) < 4.78 is 5.64. The Bertz CT molecular complexity index is 312. The summed E-state index contributed by atoms with van der Waals surface area (Å²) in [5.41, 5.74) is 0.292. The average molecular weight is 314 g/mol. The van der Waals surface area contributed by atoms with Crippen LogP contribution in [0.1, 0.15) is 27.2 Å². The summed E-state index contributed by atoms with van der Waals surface area (Å²) in [6.45, 7) is 11.8. The molecule has 0 saturated heterocycles. The molecule has 0 aromatic heterocycles. The van der Waals surface area contributed by atoms with E-state index in [1.54, 1.807) is 3.88 Å². The Hall–Kier alpha value is 0.951. The quantitative estimate of drug-likeness (QED) is 0.536. The van der Waals surface area contributed by atoms with Crippen molar-refractivity contribution in [1.29, 1.82) is 0 Å². The summed E-state index contributed by atoms with van der Waals surface area (Å²) in [4.78, 5) is 0. The van der Waals surface area contributed by atoms with E-state index in [2.05, 4.69) is 55.9 Å². The molecule has 1 aliphatic rings. The minimum absolute atomic E-state index is 0. The Balaban J connectivity index is 0. The number of allylic oxidation sites excluding steroid dienone is 4. The molecule has 0 unspecified atom stereocenters. The van der Waals surface area contributed by atoms with Crippen molar-refractivity contribution in [2.45, 2.75) is 45.8 Å². The minimum Gasteiger partial charge on any atom is -1.00 e. The molecule has 16 heavy (non-hydrogen) atoms. The van der Waals surface area contributed by atoms with E-state index >= 15 is 0 Å². The SMILES string of the molecule is C[Si](C)=[Ti+2]([NH]C(C)(C)C)[C]1=CC=CC1.[Cl-].[Cl-]. The van der Waals surface area contributed by atoms with Crippen LogP contribution in [0, 0.1) is 0 Å². The number of halogens is 2. The van der Waals surface area contributed by atoms with Crippen molar-refractivity contribution >= 4 is 6.19 Å². The smallest absolute Gasteiger partial charge is 1.00 e. The van der Waals surface area contributed by atoms with E-state index < -0.39 is 16.9 Å². The molecule has 0 fully saturated rings. The van der Waals surface area contributed by atoms with Gasteiger partial charge in [0.15, 0.2) is 0 Å². The van der Waals surface area contributed by atoms with Gasteiger partial charge < -0.3 is 24.8 Å². The summed E-state index contributed by atoms with van der Waals surface area (Å²) in [6.07, 6.45) is 7.94. The molecular weight excluding hydrogens is 293 g/mol. The fourth-order valence-corrected chi connectivity index (χ4v) is 11.3. The summed E-state index contributed by atoms with van der Waals surface area (Å²) in [5.74, 6) is 0. The van der Waals surface area contributed by atoms with Gasteiger partial charge in [0.2, 0.25) is 0 Å². The molecule has 0 spiro atoms. The van der Waals surface area contributed by atoms with E-state index in [1.165, 1.54) is 6.42 Å². The first kappa shape index (κ1) is 19.3. The largest absolute Gasteiger partial charge is 1.00 e. The normalized spacial score (nSPS) is 13.1. The number of hydrogen-bond donors (Lipinski definition) is 1.